The van der Waals surface area contributed by atoms with Gasteiger partial charge in [-0.15, -0.1) is 0 Å². The predicted octanol–water partition coefficient (Wildman–Crippen LogP) is 3.23. The van der Waals surface area contributed by atoms with E-state index in [1.54, 1.807) is 42.9 Å². The molecule has 3 aromatic rings. The molecular weight excluding hydrogens is 442 g/mol. The van der Waals surface area contributed by atoms with Gasteiger partial charge in [0.05, 0.1) is 29.7 Å². The highest BCUT2D eigenvalue weighted by atomic mass is 19.4. The van der Waals surface area contributed by atoms with Crippen LogP contribution in [0.15, 0.2) is 42.5 Å². The highest BCUT2D eigenvalue weighted by Crippen LogP contribution is 2.31. The molecule has 176 valence electrons. The number of hydrogen-bond acceptors (Lipinski definition) is 4. The highest BCUT2D eigenvalue weighted by Gasteiger charge is 2.31. The lowest BCUT2D eigenvalue weighted by Gasteiger charge is -2.11. The lowest BCUT2D eigenvalue weighted by molar-refractivity contribution is -0.137. The van der Waals surface area contributed by atoms with E-state index in [-0.39, 0.29) is 18.5 Å². The Labute approximate surface area is 187 Å². The van der Waals surface area contributed by atoms with Crippen molar-refractivity contribution in [2.24, 2.45) is 7.05 Å². The Kier molecular flexibility index (Phi) is 7.19. The van der Waals surface area contributed by atoms with E-state index in [9.17, 15) is 27.5 Å². The summed E-state index contributed by atoms with van der Waals surface area (Å²) in [6.07, 6.45) is -5.68. The molecule has 6 nitrogen and oxygen atoms in total. The van der Waals surface area contributed by atoms with Gasteiger partial charge in [0.15, 0.2) is 0 Å². The number of aliphatic hydroxyl groups excluding tert-OH is 2. The quantitative estimate of drug-likeness (QED) is 0.468. The van der Waals surface area contributed by atoms with Gasteiger partial charge in [-0.25, -0.2) is 4.39 Å². The van der Waals surface area contributed by atoms with Crippen LogP contribution in [0.3, 0.4) is 0 Å². The van der Waals surface area contributed by atoms with Crippen LogP contribution in [0.4, 0.5) is 17.6 Å². The second-order valence-electron chi connectivity index (χ2n) is 7.74. The van der Waals surface area contributed by atoms with Gasteiger partial charge in [0, 0.05) is 31.1 Å². The maximum atomic E-state index is 13.7. The number of carbonyl (C=O) groups excluding carboxylic acids is 1. The zero-order valence-electron chi connectivity index (χ0n) is 17.9. The zero-order chi connectivity index (χ0) is 24.3. The number of halogens is 4. The Balaban J connectivity index is 1.81. The van der Waals surface area contributed by atoms with Gasteiger partial charge in [-0.05, 0) is 54.4 Å². The van der Waals surface area contributed by atoms with Gasteiger partial charge in [0.2, 0.25) is 0 Å². The summed E-state index contributed by atoms with van der Waals surface area (Å²) in [6.45, 7) is 1.19. The van der Waals surface area contributed by atoms with E-state index < -0.39 is 36.2 Å². The first kappa shape index (κ1) is 24.4. The summed E-state index contributed by atoms with van der Waals surface area (Å²) in [6, 6.07) is 9.19. The van der Waals surface area contributed by atoms with E-state index in [1.807, 2.05) is 0 Å². The van der Waals surface area contributed by atoms with E-state index in [2.05, 4.69) is 10.4 Å². The van der Waals surface area contributed by atoms with Crippen molar-refractivity contribution in [3.05, 3.63) is 76.2 Å². The molecule has 1 amide bonds. The lowest BCUT2D eigenvalue weighted by Crippen LogP contribution is -2.34. The number of aryl methyl sites for hydroxylation is 2. The fraction of sp³-hybridized carbons (Fsp3) is 0.304. The molecule has 0 saturated heterocycles. The van der Waals surface area contributed by atoms with Crippen LogP contribution in [-0.2, 0) is 19.6 Å². The van der Waals surface area contributed by atoms with E-state index in [0.717, 1.165) is 17.7 Å². The Bertz CT molecular complexity index is 1160. The van der Waals surface area contributed by atoms with Gasteiger partial charge in [0.25, 0.3) is 5.91 Å². The molecule has 2 aromatic carbocycles. The van der Waals surface area contributed by atoms with E-state index >= 15 is 0 Å². The normalized spacial score (nSPS) is 12.6. The molecule has 1 unspecified atom stereocenters. The minimum absolute atomic E-state index is 0.0152. The molecule has 1 heterocycles. The van der Waals surface area contributed by atoms with Crippen LogP contribution >= 0.6 is 0 Å². The fourth-order valence-corrected chi connectivity index (χ4v) is 3.46. The summed E-state index contributed by atoms with van der Waals surface area (Å²) in [4.78, 5) is 12.3. The van der Waals surface area contributed by atoms with Crippen LogP contribution in [0, 0.1) is 12.7 Å². The van der Waals surface area contributed by atoms with Gasteiger partial charge < -0.3 is 15.5 Å². The molecule has 1 atom stereocenters. The molecular formula is C23H23F4N3O3. The maximum absolute atomic E-state index is 13.7. The maximum Gasteiger partial charge on any atom is 0.416 e. The molecule has 1 aromatic heterocycles. The number of aliphatic hydroxyl groups is 2. The molecule has 3 rings (SSSR count). The summed E-state index contributed by atoms with van der Waals surface area (Å²) >= 11 is 0. The number of nitrogens with one attached hydrogen (secondary N) is 1. The Hall–Kier alpha value is -3.24. The topological polar surface area (TPSA) is 87.4 Å². The van der Waals surface area contributed by atoms with Gasteiger partial charge in [-0.1, -0.05) is 6.07 Å². The molecule has 3 N–H and O–H groups in total. The third-order valence-corrected chi connectivity index (χ3v) is 5.08. The Morgan fingerprint density at radius 3 is 2.55 bits per heavy atom. The minimum Gasteiger partial charge on any atom is -0.394 e. The van der Waals surface area contributed by atoms with Crippen molar-refractivity contribution < 1.29 is 32.6 Å². The first-order valence-electron chi connectivity index (χ1n) is 10.1. The van der Waals surface area contributed by atoms with E-state index in [1.165, 1.54) is 0 Å². The largest absolute Gasteiger partial charge is 0.416 e. The average Bonchev–Trinajstić information content (AvgIpc) is 3.10. The molecule has 0 spiro atoms. The van der Waals surface area contributed by atoms with E-state index in [4.69, 9.17) is 5.11 Å². The van der Waals surface area contributed by atoms with E-state index in [0.29, 0.717) is 28.6 Å². The molecule has 0 fully saturated rings. The summed E-state index contributed by atoms with van der Waals surface area (Å²) in [5.41, 5.74) is 2.02. The number of benzene rings is 2. The van der Waals surface area contributed by atoms with Crippen molar-refractivity contribution in [2.45, 2.75) is 25.6 Å². The van der Waals surface area contributed by atoms with Gasteiger partial charge in [-0.3, -0.25) is 9.48 Å². The number of aromatic nitrogens is 2. The number of carbonyl (C=O) groups is 1. The SMILES string of the molecule is Cc1cc(-c2cc(Cc3cc(F)cc(C(F)(F)F)c3)nn2C)ccc1C(=O)NCC(O)CO. The second kappa shape index (κ2) is 9.72. The van der Waals surface area contributed by atoms with Crippen LogP contribution in [0.2, 0.25) is 0 Å². The number of hydrogen-bond donors (Lipinski definition) is 3. The molecule has 33 heavy (non-hydrogen) atoms. The van der Waals surface area contributed by atoms with Crippen molar-refractivity contribution >= 4 is 5.91 Å². The van der Waals surface area contributed by atoms with Crippen molar-refractivity contribution in [1.29, 1.82) is 0 Å². The summed E-state index contributed by atoms with van der Waals surface area (Å²) < 4.78 is 54.2. The fourth-order valence-electron chi connectivity index (χ4n) is 3.46. The van der Waals surface area contributed by atoms with Crippen LogP contribution in [0.5, 0.6) is 0 Å². The summed E-state index contributed by atoms with van der Waals surface area (Å²) in [5.74, 6) is -1.37. The molecule has 0 bridgehead atoms. The second-order valence-corrected chi connectivity index (χ2v) is 7.74. The Morgan fingerprint density at radius 2 is 1.91 bits per heavy atom. The van der Waals surface area contributed by atoms with Crippen molar-refractivity contribution in [3.63, 3.8) is 0 Å². The third-order valence-electron chi connectivity index (χ3n) is 5.08. The number of rotatable bonds is 7. The molecule has 0 aliphatic carbocycles. The van der Waals surface area contributed by atoms with Crippen molar-refractivity contribution in [2.75, 3.05) is 13.2 Å². The molecule has 0 aliphatic rings. The molecule has 10 heteroatoms. The van der Waals surface area contributed by atoms with Crippen LogP contribution in [-0.4, -0.2) is 45.2 Å². The zero-order valence-corrected chi connectivity index (χ0v) is 17.9. The van der Waals surface area contributed by atoms with Gasteiger partial charge in [0.1, 0.15) is 5.82 Å². The number of amides is 1. The molecule has 0 radical (unpaired) electrons. The molecule has 0 aliphatic heterocycles. The number of nitrogens with zero attached hydrogens (tertiary/aromatic N) is 2. The van der Waals surface area contributed by atoms with Crippen LogP contribution in [0.25, 0.3) is 11.3 Å². The standard InChI is InChI=1S/C23H23F4N3O3/c1-13-5-15(3-4-20(13)22(33)28-11-19(32)12-31)21-10-18(29-30(21)2)8-14-6-16(23(25,26)27)9-17(24)7-14/h3-7,9-10,19,31-32H,8,11-12H2,1-2H3,(H,28,33). The smallest absolute Gasteiger partial charge is 0.394 e. The summed E-state index contributed by atoms with van der Waals surface area (Å²) in [7, 11) is 1.68. The monoisotopic (exact) mass is 465 g/mol. The highest BCUT2D eigenvalue weighted by molar-refractivity contribution is 5.96. The predicted molar refractivity (Wildman–Crippen MR) is 113 cm³/mol. The first-order valence-corrected chi connectivity index (χ1v) is 10.1. The van der Waals surface area contributed by atoms with Gasteiger partial charge in [-0.2, -0.15) is 18.3 Å². The third kappa shape index (κ3) is 5.96. The number of alkyl halides is 3. The van der Waals surface area contributed by atoms with Crippen molar-refractivity contribution in [1.82, 2.24) is 15.1 Å². The first-order chi connectivity index (χ1) is 15.5. The van der Waals surface area contributed by atoms with Crippen LogP contribution < -0.4 is 5.32 Å². The average molecular weight is 465 g/mol. The van der Waals surface area contributed by atoms with Crippen LogP contribution in [0.1, 0.15) is 32.7 Å². The van der Waals surface area contributed by atoms with Gasteiger partial charge >= 0.3 is 6.18 Å². The lowest BCUT2D eigenvalue weighted by atomic mass is 10.0. The molecule has 0 saturated carbocycles. The summed E-state index contributed by atoms with van der Waals surface area (Å²) in [5, 5.41) is 25.1. The minimum atomic E-state index is -4.64. The Morgan fingerprint density at radius 1 is 1.18 bits per heavy atom. The van der Waals surface area contributed by atoms with Crippen molar-refractivity contribution in [3.8, 4) is 11.3 Å².